The SMILES string of the molecule is Cc1ccc(S(=O)(=O)C2(CN)CCC2)cc1. The third-order valence-corrected chi connectivity index (χ3v) is 6.15. The molecule has 1 aliphatic rings. The first kappa shape index (κ1) is 11.6. The summed E-state index contributed by atoms with van der Waals surface area (Å²) >= 11 is 0. The summed E-state index contributed by atoms with van der Waals surface area (Å²) in [5.41, 5.74) is 6.71. The molecule has 0 amide bonds. The van der Waals surface area contributed by atoms with Gasteiger partial charge in [0.2, 0.25) is 0 Å². The number of nitrogens with two attached hydrogens (primary N) is 1. The molecule has 0 atom stereocenters. The quantitative estimate of drug-likeness (QED) is 0.872. The smallest absolute Gasteiger partial charge is 0.185 e. The van der Waals surface area contributed by atoms with Gasteiger partial charge >= 0.3 is 0 Å². The van der Waals surface area contributed by atoms with Crippen molar-refractivity contribution in [3.63, 3.8) is 0 Å². The summed E-state index contributed by atoms with van der Waals surface area (Å²) in [5.74, 6) is 0. The molecule has 2 rings (SSSR count). The molecule has 0 unspecified atom stereocenters. The first-order valence-corrected chi connectivity index (χ1v) is 7.02. The van der Waals surface area contributed by atoms with Crippen LogP contribution >= 0.6 is 0 Å². The lowest BCUT2D eigenvalue weighted by molar-refractivity contribution is 0.344. The zero-order valence-corrected chi connectivity index (χ0v) is 10.3. The van der Waals surface area contributed by atoms with Gasteiger partial charge in [-0.3, -0.25) is 0 Å². The Bertz CT molecular complexity index is 467. The largest absolute Gasteiger partial charge is 0.329 e. The van der Waals surface area contributed by atoms with Crippen LogP contribution in [0.25, 0.3) is 0 Å². The lowest BCUT2D eigenvalue weighted by atomic mass is 9.84. The zero-order valence-electron chi connectivity index (χ0n) is 9.44. The van der Waals surface area contributed by atoms with E-state index < -0.39 is 14.6 Å². The van der Waals surface area contributed by atoms with Crippen molar-refractivity contribution in [2.24, 2.45) is 5.73 Å². The minimum absolute atomic E-state index is 0.225. The summed E-state index contributed by atoms with van der Waals surface area (Å²) in [6.45, 7) is 2.17. The summed E-state index contributed by atoms with van der Waals surface area (Å²) < 4.78 is 24.1. The molecule has 0 bridgehead atoms. The van der Waals surface area contributed by atoms with Gasteiger partial charge in [-0.2, -0.15) is 0 Å². The van der Waals surface area contributed by atoms with Crippen LogP contribution in [0.3, 0.4) is 0 Å². The van der Waals surface area contributed by atoms with Gasteiger partial charge in [0, 0.05) is 6.54 Å². The molecule has 0 spiro atoms. The minimum atomic E-state index is -3.26. The Morgan fingerprint density at radius 1 is 1.25 bits per heavy atom. The molecule has 1 fully saturated rings. The normalized spacial score (nSPS) is 19.1. The molecule has 2 N–H and O–H groups in total. The van der Waals surface area contributed by atoms with E-state index in [0.29, 0.717) is 17.7 Å². The maximum absolute atomic E-state index is 12.4. The third kappa shape index (κ3) is 1.57. The van der Waals surface area contributed by atoms with Crippen molar-refractivity contribution in [3.8, 4) is 0 Å². The second kappa shape index (κ2) is 3.86. The second-order valence-electron chi connectivity index (χ2n) is 4.56. The third-order valence-electron chi connectivity index (χ3n) is 3.54. The Kier molecular flexibility index (Phi) is 2.80. The van der Waals surface area contributed by atoms with E-state index in [1.807, 2.05) is 19.1 Å². The zero-order chi connectivity index (χ0) is 11.8. The molecule has 0 heterocycles. The molecule has 0 aromatic heterocycles. The number of sulfone groups is 1. The highest BCUT2D eigenvalue weighted by atomic mass is 32.2. The van der Waals surface area contributed by atoms with Crippen molar-refractivity contribution in [2.75, 3.05) is 6.54 Å². The topological polar surface area (TPSA) is 60.2 Å². The highest BCUT2D eigenvalue weighted by Crippen LogP contribution is 2.41. The van der Waals surface area contributed by atoms with Gasteiger partial charge in [0.25, 0.3) is 0 Å². The van der Waals surface area contributed by atoms with E-state index in [2.05, 4.69) is 0 Å². The van der Waals surface area contributed by atoms with Crippen molar-refractivity contribution in [3.05, 3.63) is 29.8 Å². The molecule has 1 aromatic carbocycles. The molecule has 0 aliphatic heterocycles. The van der Waals surface area contributed by atoms with Crippen molar-refractivity contribution in [2.45, 2.75) is 35.8 Å². The predicted octanol–water partition coefficient (Wildman–Crippen LogP) is 1.65. The highest BCUT2D eigenvalue weighted by molar-refractivity contribution is 7.93. The van der Waals surface area contributed by atoms with Gasteiger partial charge in [0.15, 0.2) is 9.84 Å². The number of aryl methyl sites for hydroxylation is 1. The summed E-state index contributed by atoms with van der Waals surface area (Å²) in [6.07, 6.45) is 2.35. The monoisotopic (exact) mass is 239 g/mol. The molecular weight excluding hydrogens is 222 g/mol. The Balaban J connectivity index is 2.42. The Morgan fingerprint density at radius 2 is 1.81 bits per heavy atom. The summed E-state index contributed by atoms with van der Waals surface area (Å²) in [4.78, 5) is 0.406. The predicted molar refractivity (Wildman–Crippen MR) is 64.0 cm³/mol. The van der Waals surface area contributed by atoms with Crippen LogP contribution in [0.5, 0.6) is 0 Å². The highest BCUT2D eigenvalue weighted by Gasteiger charge is 2.48. The number of benzene rings is 1. The number of hydrogen-bond donors (Lipinski definition) is 1. The molecule has 1 saturated carbocycles. The van der Waals surface area contributed by atoms with Crippen LogP contribution in [0.15, 0.2) is 29.2 Å². The minimum Gasteiger partial charge on any atom is -0.329 e. The van der Waals surface area contributed by atoms with E-state index in [9.17, 15) is 8.42 Å². The van der Waals surface area contributed by atoms with E-state index in [0.717, 1.165) is 12.0 Å². The first-order valence-electron chi connectivity index (χ1n) is 5.53. The number of rotatable bonds is 3. The van der Waals surface area contributed by atoms with Crippen LogP contribution in [0, 0.1) is 6.92 Å². The van der Waals surface area contributed by atoms with Crippen molar-refractivity contribution >= 4 is 9.84 Å². The Labute approximate surface area is 96.6 Å². The van der Waals surface area contributed by atoms with Crippen molar-refractivity contribution in [1.82, 2.24) is 0 Å². The molecule has 1 aromatic rings. The van der Waals surface area contributed by atoms with Gasteiger partial charge in [-0.05, 0) is 31.9 Å². The molecule has 1 aliphatic carbocycles. The fourth-order valence-corrected chi connectivity index (χ4v) is 4.16. The second-order valence-corrected chi connectivity index (χ2v) is 6.90. The van der Waals surface area contributed by atoms with E-state index in [1.165, 1.54) is 0 Å². The standard InChI is InChI=1S/C12H17NO2S/c1-10-3-5-11(6-4-10)16(14,15)12(9-13)7-2-8-12/h3-6H,2,7-9,13H2,1H3. The van der Waals surface area contributed by atoms with Crippen LogP contribution in [-0.4, -0.2) is 19.7 Å². The first-order chi connectivity index (χ1) is 7.52. The Morgan fingerprint density at radius 3 is 2.19 bits per heavy atom. The molecule has 16 heavy (non-hydrogen) atoms. The van der Waals surface area contributed by atoms with Gasteiger partial charge in [-0.25, -0.2) is 8.42 Å². The lowest BCUT2D eigenvalue weighted by Gasteiger charge is -2.39. The maximum Gasteiger partial charge on any atom is 0.185 e. The van der Waals surface area contributed by atoms with E-state index in [4.69, 9.17) is 5.73 Å². The maximum atomic E-state index is 12.4. The summed E-state index contributed by atoms with van der Waals surface area (Å²) in [7, 11) is -3.26. The van der Waals surface area contributed by atoms with Crippen molar-refractivity contribution in [1.29, 1.82) is 0 Å². The molecule has 0 radical (unpaired) electrons. The fraction of sp³-hybridized carbons (Fsp3) is 0.500. The van der Waals surface area contributed by atoms with Crippen LogP contribution in [0.4, 0.5) is 0 Å². The average Bonchev–Trinajstić information content (AvgIpc) is 2.17. The van der Waals surface area contributed by atoms with Crippen LogP contribution < -0.4 is 5.73 Å². The van der Waals surface area contributed by atoms with E-state index in [-0.39, 0.29) is 6.54 Å². The molecule has 3 nitrogen and oxygen atoms in total. The van der Waals surface area contributed by atoms with Crippen LogP contribution in [0.2, 0.25) is 0 Å². The van der Waals surface area contributed by atoms with Crippen LogP contribution in [-0.2, 0) is 9.84 Å². The van der Waals surface area contributed by atoms with Crippen LogP contribution in [0.1, 0.15) is 24.8 Å². The molecular formula is C12H17NO2S. The molecule has 88 valence electrons. The number of hydrogen-bond acceptors (Lipinski definition) is 3. The fourth-order valence-electron chi connectivity index (χ4n) is 2.12. The van der Waals surface area contributed by atoms with E-state index >= 15 is 0 Å². The van der Waals surface area contributed by atoms with Gasteiger partial charge in [-0.15, -0.1) is 0 Å². The van der Waals surface area contributed by atoms with Gasteiger partial charge in [0.05, 0.1) is 9.64 Å². The molecule has 0 saturated heterocycles. The van der Waals surface area contributed by atoms with E-state index in [1.54, 1.807) is 12.1 Å². The van der Waals surface area contributed by atoms with Crippen molar-refractivity contribution < 1.29 is 8.42 Å². The Hall–Kier alpha value is -0.870. The average molecular weight is 239 g/mol. The van der Waals surface area contributed by atoms with Gasteiger partial charge < -0.3 is 5.73 Å². The summed E-state index contributed by atoms with van der Waals surface area (Å²) in [5, 5.41) is 0. The molecule has 4 heteroatoms. The van der Waals surface area contributed by atoms with Gasteiger partial charge in [0.1, 0.15) is 0 Å². The summed E-state index contributed by atoms with van der Waals surface area (Å²) in [6, 6.07) is 7.02. The lowest BCUT2D eigenvalue weighted by Crippen LogP contribution is -2.51. The van der Waals surface area contributed by atoms with Gasteiger partial charge in [-0.1, -0.05) is 24.1 Å².